The number of carbonyl (C=O) groups is 1. The first-order valence-electron chi connectivity index (χ1n) is 7.12. The van der Waals surface area contributed by atoms with E-state index in [2.05, 4.69) is 4.98 Å². The van der Waals surface area contributed by atoms with Crippen molar-refractivity contribution in [3.63, 3.8) is 0 Å². The van der Waals surface area contributed by atoms with E-state index in [9.17, 15) is 4.79 Å². The summed E-state index contributed by atoms with van der Waals surface area (Å²) in [6, 6.07) is 3.94. The number of pyridine rings is 1. The summed E-state index contributed by atoms with van der Waals surface area (Å²) < 4.78 is 5.57. The minimum absolute atomic E-state index is 0.130. The summed E-state index contributed by atoms with van der Waals surface area (Å²) in [6.07, 6.45) is 4.64. The predicted octanol–water partition coefficient (Wildman–Crippen LogP) is 1.15. The van der Waals surface area contributed by atoms with Crippen LogP contribution in [-0.2, 0) is 16.1 Å². The van der Waals surface area contributed by atoms with Gasteiger partial charge in [-0.15, -0.1) is 0 Å². The van der Waals surface area contributed by atoms with E-state index in [1.165, 1.54) is 0 Å². The van der Waals surface area contributed by atoms with E-state index in [1.54, 1.807) is 6.20 Å². The summed E-state index contributed by atoms with van der Waals surface area (Å²) in [4.78, 5) is 20.3. The van der Waals surface area contributed by atoms with E-state index >= 15 is 0 Å². The van der Waals surface area contributed by atoms with Gasteiger partial charge in [-0.3, -0.25) is 14.7 Å². The molecular formula is C15H23N3O2. The molecule has 1 aromatic heterocycles. The fourth-order valence-electron chi connectivity index (χ4n) is 2.41. The molecule has 1 aliphatic heterocycles. The van der Waals surface area contributed by atoms with Crippen LogP contribution in [0.25, 0.3) is 0 Å². The molecule has 5 nitrogen and oxygen atoms in total. The van der Waals surface area contributed by atoms with Crippen molar-refractivity contribution in [1.29, 1.82) is 0 Å². The maximum absolute atomic E-state index is 12.3. The number of amides is 1. The topological polar surface area (TPSA) is 45.7 Å². The second-order valence-corrected chi connectivity index (χ2v) is 5.41. The van der Waals surface area contributed by atoms with E-state index in [0.717, 1.165) is 31.7 Å². The third-order valence-corrected chi connectivity index (χ3v) is 3.39. The summed E-state index contributed by atoms with van der Waals surface area (Å²) in [6.45, 7) is 5.42. The fraction of sp³-hybridized carbons (Fsp3) is 0.600. The van der Waals surface area contributed by atoms with Crippen molar-refractivity contribution in [2.45, 2.75) is 26.0 Å². The molecule has 0 radical (unpaired) electrons. The molecule has 5 heteroatoms. The lowest BCUT2D eigenvalue weighted by Gasteiger charge is -2.25. The zero-order valence-corrected chi connectivity index (χ0v) is 12.3. The number of ether oxygens (including phenoxy) is 1. The molecule has 0 saturated carbocycles. The van der Waals surface area contributed by atoms with Crippen LogP contribution in [0.4, 0.5) is 0 Å². The number of aromatic nitrogens is 1. The Bertz CT molecular complexity index is 424. The first kappa shape index (κ1) is 14.9. The maximum Gasteiger partial charge on any atom is 0.236 e. The molecule has 1 amide bonds. The second kappa shape index (κ2) is 7.36. The summed E-state index contributed by atoms with van der Waals surface area (Å²) in [5.41, 5.74) is 1.12. The number of likely N-dealkylation sites (N-methyl/N-ethyl adjacent to an activating group) is 1. The molecule has 0 aromatic carbocycles. The molecule has 2 rings (SSSR count). The van der Waals surface area contributed by atoms with Crippen LogP contribution in [0.5, 0.6) is 0 Å². The summed E-state index contributed by atoms with van der Waals surface area (Å²) in [7, 11) is 1.96. The Morgan fingerprint density at radius 2 is 2.45 bits per heavy atom. The van der Waals surface area contributed by atoms with Gasteiger partial charge in [0.25, 0.3) is 0 Å². The van der Waals surface area contributed by atoms with Crippen LogP contribution in [0.15, 0.2) is 24.5 Å². The maximum atomic E-state index is 12.3. The number of rotatable bonds is 4. The SMILES string of the molecule is C[C@@H]1CN(C(=O)CN(C)Cc2cccnc2)CCCO1. The van der Waals surface area contributed by atoms with Crippen LogP contribution in [0.3, 0.4) is 0 Å². The Morgan fingerprint density at radius 3 is 3.20 bits per heavy atom. The van der Waals surface area contributed by atoms with Gasteiger partial charge in [-0.25, -0.2) is 0 Å². The highest BCUT2D eigenvalue weighted by atomic mass is 16.5. The highest BCUT2D eigenvalue weighted by Gasteiger charge is 2.20. The van der Waals surface area contributed by atoms with Crippen molar-refractivity contribution in [3.05, 3.63) is 30.1 Å². The van der Waals surface area contributed by atoms with Crippen LogP contribution in [0.2, 0.25) is 0 Å². The molecule has 0 aliphatic carbocycles. The lowest BCUT2D eigenvalue weighted by Crippen LogP contribution is -2.41. The van der Waals surface area contributed by atoms with Crippen LogP contribution >= 0.6 is 0 Å². The lowest BCUT2D eigenvalue weighted by molar-refractivity contribution is -0.132. The van der Waals surface area contributed by atoms with Crippen molar-refractivity contribution < 1.29 is 9.53 Å². The lowest BCUT2D eigenvalue weighted by atomic mass is 10.2. The number of hydrogen-bond donors (Lipinski definition) is 0. The zero-order valence-electron chi connectivity index (χ0n) is 12.3. The first-order valence-corrected chi connectivity index (χ1v) is 7.12. The van der Waals surface area contributed by atoms with E-state index in [4.69, 9.17) is 4.74 Å². The summed E-state index contributed by atoms with van der Waals surface area (Å²) in [5, 5.41) is 0. The average Bonchev–Trinajstić information content (AvgIpc) is 2.64. The van der Waals surface area contributed by atoms with Crippen LogP contribution < -0.4 is 0 Å². The van der Waals surface area contributed by atoms with Gasteiger partial charge in [0.15, 0.2) is 0 Å². The summed E-state index contributed by atoms with van der Waals surface area (Å²) in [5.74, 6) is 0.175. The minimum Gasteiger partial charge on any atom is -0.377 e. The predicted molar refractivity (Wildman–Crippen MR) is 77.2 cm³/mol. The molecule has 2 heterocycles. The van der Waals surface area contributed by atoms with Crippen molar-refractivity contribution in [1.82, 2.24) is 14.8 Å². The van der Waals surface area contributed by atoms with Gasteiger partial charge >= 0.3 is 0 Å². The van der Waals surface area contributed by atoms with Crippen LogP contribution in [0, 0.1) is 0 Å². The van der Waals surface area contributed by atoms with E-state index in [1.807, 2.05) is 42.1 Å². The summed E-state index contributed by atoms with van der Waals surface area (Å²) >= 11 is 0. The van der Waals surface area contributed by atoms with Gasteiger partial charge in [-0.1, -0.05) is 6.07 Å². The van der Waals surface area contributed by atoms with Gasteiger partial charge in [0.1, 0.15) is 0 Å². The molecule has 110 valence electrons. The second-order valence-electron chi connectivity index (χ2n) is 5.41. The van der Waals surface area contributed by atoms with Gasteiger partial charge in [0, 0.05) is 38.6 Å². The van der Waals surface area contributed by atoms with Gasteiger partial charge in [-0.2, -0.15) is 0 Å². The molecule has 1 aliphatic rings. The standard InChI is InChI=1S/C15H23N3O2/c1-13-10-18(7-4-8-20-13)15(19)12-17(2)11-14-5-3-6-16-9-14/h3,5-6,9,13H,4,7-8,10-12H2,1-2H3/t13-/m1/s1. The van der Waals surface area contributed by atoms with Crippen molar-refractivity contribution in [3.8, 4) is 0 Å². The van der Waals surface area contributed by atoms with Gasteiger partial charge in [0.05, 0.1) is 12.6 Å². The van der Waals surface area contributed by atoms with E-state index in [-0.39, 0.29) is 12.0 Å². The molecule has 1 fully saturated rings. The Hall–Kier alpha value is -1.46. The normalized spacial score (nSPS) is 19.9. The van der Waals surface area contributed by atoms with E-state index < -0.39 is 0 Å². The highest BCUT2D eigenvalue weighted by molar-refractivity contribution is 5.78. The molecule has 0 spiro atoms. The molecular weight excluding hydrogens is 254 g/mol. The van der Waals surface area contributed by atoms with Gasteiger partial charge in [-0.05, 0) is 32.0 Å². The first-order chi connectivity index (χ1) is 9.65. The number of hydrogen-bond acceptors (Lipinski definition) is 4. The minimum atomic E-state index is 0.130. The molecule has 0 N–H and O–H groups in total. The number of carbonyl (C=O) groups excluding carboxylic acids is 1. The third kappa shape index (κ3) is 4.58. The van der Waals surface area contributed by atoms with Gasteiger partial charge in [0.2, 0.25) is 5.91 Å². The molecule has 0 unspecified atom stereocenters. The zero-order chi connectivity index (χ0) is 14.4. The quantitative estimate of drug-likeness (QED) is 0.828. The Labute approximate surface area is 120 Å². The largest absolute Gasteiger partial charge is 0.377 e. The van der Waals surface area contributed by atoms with Crippen LogP contribution in [0.1, 0.15) is 18.9 Å². The number of nitrogens with zero attached hydrogens (tertiary/aromatic N) is 3. The third-order valence-electron chi connectivity index (χ3n) is 3.39. The molecule has 0 bridgehead atoms. The fourth-order valence-corrected chi connectivity index (χ4v) is 2.41. The smallest absolute Gasteiger partial charge is 0.236 e. The monoisotopic (exact) mass is 277 g/mol. The van der Waals surface area contributed by atoms with Crippen molar-refractivity contribution >= 4 is 5.91 Å². The molecule has 1 saturated heterocycles. The molecule has 1 aromatic rings. The van der Waals surface area contributed by atoms with Crippen LogP contribution in [-0.4, -0.2) is 60.1 Å². The van der Waals surface area contributed by atoms with E-state index in [0.29, 0.717) is 13.1 Å². The van der Waals surface area contributed by atoms with Crippen molar-refractivity contribution in [2.24, 2.45) is 0 Å². The molecule has 1 atom stereocenters. The highest BCUT2D eigenvalue weighted by Crippen LogP contribution is 2.07. The van der Waals surface area contributed by atoms with Gasteiger partial charge < -0.3 is 9.64 Å². The molecule has 20 heavy (non-hydrogen) atoms. The average molecular weight is 277 g/mol. The Kier molecular flexibility index (Phi) is 5.49. The Balaban J connectivity index is 1.83. The Morgan fingerprint density at radius 1 is 1.60 bits per heavy atom. The van der Waals surface area contributed by atoms with Crippen molar-refractivity contribution in [2.75, 3.05) is 33.3 Å².